The number of rotatable bonds is 5. The number of carbonyl (C=O) groups excluding carboxylic acids is 1. The molecule has 5 nitrogen and oxygen atoms in total. The highest BCUT2D eigenvalue weighted by Crippen LogP contribution is 2.15. The second-order valence-electron chi connectivity index (χ2n) is 4.98. The Morgan fingerprint density at radius 2 is 2.42 bits per heavy atom. The lowest BCUT2D eigenvalue weighted by atomic mass is 10.1. The number of aliphatic hydroxyl groups is 1. The maximum atomic E-state index is 11.8. The fourth-order valence-corrected chi connectivity index (χ4v) is 2.77. The quantitative estimate of drug-likeness (QED) is 0.741. The summed E-state index contributed by atoms with van der Waals surface area (Å²) >= 11 is 1.40. The third-order valence-corrected chi connectivity index (χ3v) is 3.91. The van der Waals surface area contributed by atoms with E-state index in [1.165, 1.54) is 11.3 Å². The van der Waals surface area contributed by atoms with Crippen LogP contribution in [0.4, 0.5) is 0 Å². The summed E-state index contributed by atoms with van der Waals surface area (Å²) < 4.78 is 5.52. The van der Waals surface area contributed by atoms with Gasteiger partial charge < -0.3 is 20.5 Å². The first-order valence-corrected chi connectivity index (χ1v) is 7.33. The van der Waals surface area contributed by atoms with Gasteiger partial charge in [-0.3, -0.25) is 4.79 Å². The van der Waals surface area contributed by atoms with Crippen LogP contribution >= 0.6 is 11.3 Å². The number of aliphatic hydroxyl groups excluding tert-OH is 1. The van der Waals surface area contributed by atoms with Crippen molar-refractivity contribution in [1.29, 1.82) is 0 Å². The van der Waals surface area contributed by atoms with Gasteiger partial charge in [0.2, 0.25) is 0 Å². The molecule has 3 atom stereocenters. The summed E-state index contributed by atoms with van der Waals surface area (Å²) in [5.74, 6) is -0.119. The molecule has 1 saturated heterocycles. The average molecular weight is 284 g/mol. The normalized spacial score (nSPS) is 26.8. The van der Waals surface area contributed by atoms with E-state index in [0.29, 0.717) is 24.1 Å². The van der Waals surface area contributed by atoms with Crippen molar-refractivity contribution in [1.82, 2.24) is 10.6 Å². The number of hydrogen-bond donors (Lipinski definition) is 3. The highest BCUT2D eigenvalue weighted by molar-refractivity contribution is 7.12. The molecule has 1 aromatic heterocycles. The van der Waals surface area contributed by atoms with Crippen LogP contribution in [-0.2, 0) is 4.74 Å². The fourth-order valence-electron chi connectivity index (χ4n) is 2.13. The second-order valence-corrected chi connectivity index (χ2v) is 5.93. The maximum absolute atomic E-state index is 11.8. The molecule has 0 saturated carbocycles. The predicted octanol–water partition coefficient (Wildman–Crippen LogP) is 0.604. The van der Waals surface area contributed by atoms with Crippen molar-refractivity contribution in [3.63, 3.8) is 0 Å². The predicted molar refractivity (Wildman–Crippen MR) is 74.5 cm³/mol. The Balaban J connectivity index is 1.79. The van der Waals surface area contributed by atoms with Gasteiger partial charge in [-0.25, -0.2) is 0 Å². The molecule has 2 heterocycles. The molecule has 1 amide bonds. The minimum atomic E-state index is -0.592. The van der Waals surface area contributed by atoms with Crippen LogP contribution in [0.2, 0.25) is 0 Å². The molecule has 1 fully saturated rings. The van der Waals surface area contributed by atoms with Gasteiger partial charge in [-0.15, -0.1) is 11.3 Å². The minimum absolute atomic E-state index is 0.0661. The molecule has 0 radical (unpaired) electrons. The van der Waals surface area contributed by atoms with Gasteiger partial charge in [0.05, 0.1) is 23.6 Å². The molecule has 0 bridgehead atoms. The summed E-state index contributed by atoms with van der Waals surface area (Å²) in [6, 6.07) is 3.84. The van der Waals surface area contributed by atoms with Gasteiger partial charge >= 0.3 is 0 Å². The first-order chi connectivity index (χ1) is 9.08. The molecule has 0 aliphatic carbocycles. The second kappa shape index (κ2) is 6.47. The topological polar surface area (TPSA) is 70.6 Å². The van der Waals surface area contributed by atoms with Gasteiger partial charge in [-0.1, -0.05) is 19.9 Å². The van der Waals surface area contributed by atoms with Gasteiger partial charge in [0.25, 0.3) is 5.91 Å². The summed E-state index contributed by atoms with van der Waals surface area (Å²) in [5.41, 5.74) is 0. The van der Waals surface area contributed by atoms with Crippen molar-refractivity contribution >= 4 is 17.2 Å². The number of carbonyl (C=O) groups is 1. The Morgan fingerprint density at radius 1 is 1.63 bits per heavy atom. The van der Waals surface area contributed by atoms with Crippen molar-refractivity contribution in [3.8, 4) is 0 Å². The number of ether oxygens (including phenoxy) is 1. The average Bonchev–Trinajstić information content (AvgIpc) is 2.98. The van der Waals surface area contributed by atoms with E-state index in [4.69, 9.17) is 4.74 Å². The smallest absolute Gasteiger partial charge is 0.261 e. The molecule has 0 spiro atoms. The van der Waals surface area contributed by atoms with Crippen LogP contribution in [0.1, 0.15) is 23.5 Å². The van der Waals surface area contributed by atoms with E-state index in [0.717, 1.165) is 0 Å². The molecule has 106 valence electrons. The van der Waals surface area contributed by atoms with E-state index >= 15 is 0 Å². The molecule has 0 unspecified atom stereocenters. The number of thiophene rings is 1. The molecule has 3 N–H and O–H groups in total. The summed E-state index contributed by atoms with van der Waals surface area (Å²) in [5, 5.41) is 18.0. The summed E-state index contributed by atoms with van der Waals surface area (Å²) in [6.45, 7) is 4.85. The first-order valence-electron chi connectivity index (χ1n) is 6.45. The van der Waals surface area contributed by atoms with E-state index in [-0.39, 0.29) is 18.1 Å². The van der Waals surface area contributed by atoms with Gasteiger partial charge in [-0.05, 0) is 11.4 Å². The Bertz CT molecular complexity index is 408. The van der Waals surface area contributed by atoms with E-state index in [1.54, 1.807) is 6.07 Å². The molecule has 0 aromatic carbocycles. The SMILES string of the molecule is CC(C)N[C@@H]1CO[C@H](CNC(=O)c2cccs2)[C@H]1O. The van der Waals surface area contributed by atoms with Gasteiger partial charge in [-0.2, -0.15) is 0 Å². The van der Waals surface area contributed by atoms with Crippen LogP contribution in [0.3, 0.4) is 0 Å². The number of amides is 1. The zero-order valence-corrected chi connectivity index (χ0v) is 11.9. The number of nitrogens with one attached hydrogen (secondary N) is 2. The minimum Gasteiger partial charge on any atom is -0.389 e. The Kier molecular flexibility index (Phi) is 4.93. The largest absolute Gasteiger partial charge is 0.389 e. The van der Waals surface area contributed by atoms with Gasteiger partial charge in [0.15, 0.2) is 0 Å². The van der Waals surface area contributed by atoms with Crippen LogP contribution in [0.5, 0.6) is 0 Å². The van der Waals surface area contributed by atoms with Crippen LogP contribution in [0.15, 0.2) is 17.5 Å². The van der Waals surface area contributed by atoms with Crippen molar-refractivity contribution in [2.24, 2.45) is 0 Å². The number of hydrogen-bond acceptors (Lipinski definition) is 5. The molecule has 19 heavy (non-hydrogen) atoms. The Labute approximate surface area is 117 Å². The molecule has 6 heteroatoms. The van der Waals surface area contributed by atoms with Gasteiger partial charge in [0.1, 0.15) is 6.10 Å². The summed E-state index contributed by atoms with van der Waals surface area (Å²) in [6.07, 6.45) is -0.939. The molecule has 2 rings (SSSR count). The lowest BCUT2D eigenvalue weighted by Gasteiger charge is -2.20. The molecule has 1 aliphatic rings. The molecule has 1 aliphatic heterocycles. The first kappa shape index (κ1) is 14.5. The summed E-state index contributed by atoms with van der Waals surface area (Å²) in [7, 11) is 0. The lowest BCUT2D eigenvalue weighted by Crippen LogP contribution is -2.46. The standard InChI is InChI=1S/C13H20N2O3S/c1-8(2)15-9-7-18-10(12(9)16)6-14-13(17)11-4-3-5-19-11/h3-5,8-10,12,15-16H,6-7H2,1-2H3,(H,14,17)/t9-,10-,12+/m1/s1. The maximum Gasteiger partial charge on any atom is 0.261 e. The third-order valence-electron chi connectivity index (χ3n) is 3.04. The lowest BCUT2D eigenvalue weighted by molar-refractivity contribution is 0.0397. The van der Waals surface area contributed by atoms with E-state index in [1.807, 2.05) is 25.3 Å². The molecular formula is C13H20N2O3S. The Hall–Kier alpha value is -0.950. The van der Waals surface area contributed by atoms with Gasteiger partial charge in [0, 0.05) is 12.6 Å². The molecular weight excluding hydrogens is 264 g/mol. The highest BCUT2D eigenvalue weighted by Gasteiger charge is 2.36. The van der Waals surface area contributed by atoms with Crippen molar-refractivity contribution in [2.75, 3.05) is 13.2 Å². The van der Waals surface area contributed by atoms with E-state index in [9.17, 15) is 9.90 Å². The zero-order chi connectivity index (χ0) is 13.8. The highest BCUT2D eigenvalue weighted by atomic mass is 32.1. The monoisotopic (exact) mass is 284 g/mol. The van der Waals surface area contributed by atoms with E-state index < -0.39 is 6.10 Å². The zero-order valence-electron chi connectivity index (χ0n) is 11.1. The van der Waals surface area contributed by atoms with Crippen LogP contribution in [0.25, 0.3) is 0 Å². The van der Waals surface area contributed by atoms with Crippen molar-refractivity contribution in [2.45, 2.75) is 38.1 Å². The molecule has 1 aromatic rings. The third kappa shape index (κ3) is 3.76. The Morgan fingerprint density at radius 3 is 3.05 bits per heavy atom. The van der Waals surface area contributed by atoms with Crippen molar-refractivity contribution < 1.29 is 14.6 Å². The van der Waals surface area contributed by atoms with Crippen LogP contribution in [-0.4, -0.2) is 48.5 Å². The fraction of sp³-hybridized carbons (Fsp3) is 0.615. The van der Waals surface area contributed by atoms with Crippen LogP contribution < -0.4 is 10.6 Å². The van der Waals surface area contributed by atoms with Crippen molar-refractivity contribution in [3.05, 3.63) is 22.4 Å². The summed E-state index contributed by atoms with van der Waals surface area (Å²) in [4.78, 5) is 12.4. The van der Waals surface area contributed by atoms with Crippen LogP contribution in [0, 0.1) is 0 Å². The van der Waals surface area contributed by atoms with E-state index in [2.05, 4.69) is 10.6 Å².